The van der Waals surface area contributed by atoms with Crippen LogP contribution in [0.15, 0.2) is 77.5 Å². The number of hydrogen-bond acceptors (Lipinski definition) is 6. The summed E-state index contributed by atoms with van der Waals surface area (Å²) in [4.78, 5) is 33.6. The van der Waals surface area contributed by atoms with Crippen molar-refractivity contribution in [3.05, 3.63) is 95.7 Å². The number of allylic oxidation sites excluding steroid dienone is 1. The van der Waals surface area contributed by atoms with E-state index in [2.05, 4.69) is 22.0 Å². The molecule has 0 unspecified atom stereocenters. The van der Waals surface area contributed by atoms with Gasteiger partial charge in [-0.3, -0.25) is 19.5 Å². The minimum absolute atomic E-state index is 0.154. The van der Waals surface area contributed by atoms with Crippen molar-refractivity contribution < 1.29 is 18.7 Å². The highest BCUT2D eigenvalue weighted by Gasteiger charge is 2.55. The second-order valence-electron chi connectivity index (χ2n) is 7.97. The summed E-state index contributed by atoms with van der Waals surface area (Å²) < 4.78 is 11.3. The molecule has 2 aliphatic heterocycles. The van der Waals surface area contributed by atoms with Gasteiger partial charge in [0, 0.05) is 37.6 Å². The van der Waals surface area contributed by atoms with Crippen molar-refractivity contribution in [1.82, 2.24) is 14.8 Å². The zero-order valence-corrected chi connectivity index (χ0v) is 17.5. The topological polar surface area (TPSA) is 75.9 Å². The lowest BCUT2D eigenvalue weighted by molar-refractivity contribution is -0.176. The van der Waals surface area contributed by atoms with Gasteiger partial charge in [-0.25, -0.2) is 0 Å². The van der Waals surface area contributed by atoms with Crippen molar-refractivity contribution in [1.29, 1.82) is 0 Å². The molecule has 5 rings (SSSR count). The van der Waals surface area contributed by atoms with Crippen LogP contribution in [-0.2, 0) is 11.3 Å². The molecule has 162 valence electrons. The second-order valence-corrected chi connectivity index (χ2v) is 7.97. The number of rotatable bonds is 6. The summed E-state index contributed by atoms with van der Waals surface area (Å²) in [7, 11) is 0. The lowest BCUT2D eigenvalue weighted by atomic mass is 10.0. The highest BCUT2D eigenvalue weighted by atomic mass is 16.5. The Morgan fingerprint density at radius 2 is 1.78 bits per heavy atom. The second kappa shape index (κ2) is 8.53. The normalized spacial score (nSPS) is 17.7. The van der Waals surface area contributed by atoms with E-state index in [9.17, 15) is 9.59 Å². The maximum absolute atomic E-state index is 13.3. The Kier molecular flexibility index (Phi) is 5.43. The Hall–Kier alpha value is -3.55. The van der Waals surface area contributed by atoms with Crippen LogP contribution in [0.1, 0.15) is 32.2 Å². The van der Waals surface area contributed by atoms with E-state index < -0.39 is 5.66 Å². The summed E-state index contributed by atoms with van der Waals surface area (Å²) in [5.74, 6) is 0.395. The molecule has 0 aliphatic carbocycles. The van der Waals surface area contributed by atoms with E-state index in [1.807, 2.05) is 23.1 Å². The number of carbonyl (C=O) groups excluding carboxylic acids is 2. The van der Waals surface area contributed by atoms with E-state index in [4.69, 9.17) is 9.15 Å². The molecule has 0 N–H and O–H groups in total. The minimum Gasteiger partial charge on any atom is -0.452 e. The van der Waals surface area contributed by atoms with E-state index >= 15 is 0 Å². The average Bonchev–Trinajstić information content (AvgIpc) is 3.43. The van der Waals surface area contributed by atoms with Gasteiger partial charge >= 0.3 is 0 Å². The molecule has 0 saturated carbocycles. The average molecular weight is 429 g/mol. The Morgan fingerprint density at radius 3 is 2.50 bits per heavy atom. The number of pyridine rings is 1. The molecule has 2 aromatic heterocycles. The number of aromatic nitrogens is 1. The molecule has 32 heavy (non-hydrogen) atoms. The van der Waals surface area contributed by atoms with Crippen molar-refractivity contribution in [2.45, 2.75) is 12.2 Å². The van der Waals surface area contributed by atoms with Crippen LogP contribution >= 0.6 is 0 Å². The summed E-state index contributed by atoms with van der Waals surface area (Å²) >= 11 is 0. The molecule has 2 aliphatic rings. The zero-order chi connectivity index (χ0) is 22.0. The number of ether oxygens (including phenoxy) is 1. The van der Waals surface area contributed by atoms with Crippen LogP contribution in [0, 0.1) is 0 Å². The lowest BCUT2D eigenvalue weighted by Crippen LogP contribution is -2.67. The van der Waals surface area contributed by atoms with E-state index in [0.717, 1.165) is 13.1 Å². The van der Waals surface area contributed by atoms with Gasteiger partial charge in [0.15, 0.2) is 11.5 Å². The number of nitrogens with zero attached hydrogens (tertiary/aromatic N) is 3. The molecule has 7 nitrogen and oxygen atoms in total. The van der Waals surface area contributed by atoms with Gasteiger partial charge in [-0.2, -0.15) is 0 Å². The fourth-order valence-corrected chi connectivity index (χ4v) is 4.21. The van der Waals surface area contributed by atoms with Crippen molar-refractivity contribution in [3.8, 4) is 0 Å². The molecule has 3 aromatic rings. The third-order valence-corrected chi connectivity index (χ3v) is 6.01. The van der Waals surface area contributed by atoms with E-state index in [1.165, 1.54) is 11.6 Å². The quantitative estimate of drug-likeness (QED) is 0.442. The predicted octanol–water partition coefficient (Wildman–Crippen LogP) is 3.26. The van der Waals surface area contributed by atoms with Crippen molar-refractivity contribution in [2.24, 2.45) is 0 Å². The first-order valence-corrected chi connectivity index (χ1v) is 10.6. The molecule has 0 bridgehead atoms. The van der Waals surface area contributed by atoms with Gasteiger partial charge in [-0.15, -0.1) is 0 Å². The van der Waals surface area contributed by atoms with Gasteiger partial charge in [0.25, 0.3) is 5.91 Å². The van der Waals surface area contributed by atoms with Crippen LogP contribution in [0.3, 0.4) is 0 Å². The molecule has 2 saturated heterocycles. The first-order chi connectivity index (χ1) is 15.7. The molecule has 1 aromatic carbocycles. The smallest absolute Gasteiger partial charge is 0.291 e. The summed E-state index contributed by atoms with van der Waals surface area (Å²) in [5, 5.41) is 0. The summed E-state index contributed by atoms with van der Waals surface area (Å²) in [6.45, 7) is 3.12. The van der Waals surface area contributed by atoms with E-state index in [0.29, 0.717) is 31.1 Å². The Balaban J connectivity index is 1.29. The van der Waals surface area contributed by atoms with Crippen molar-refractivity contribution >= 4 is 17.8 Å². The maximum atomic E-state index is 13.3. The highest BCUT2D eigenvalue weighted by Crippen LogP contribution is 2.36. The minimum atomic E-state index is -0.437. The number of carbonyl (C=O) groups is 2. The third kappa shape index (κ3) is 3.77. The van der Waals surface area contributed by atoms with E-state index in [-0.39, 0.29) is 17.5 Å². The molecule has 4 heterocycles. The molecule has 0 atom stereocenters. The number of hydrogen-bond donors (Lipinski definition) is 0. The third-order valence-electron chi connectivity index (χ3n) is 6.01. The van der Waals surface area contributed by atoms with Gasteiger partial charge in [0.2, 0.25) is 0 Å². The summed E-state index contributed by atoms with van der Waals surface area (Å²) in [6.07, 6.45) is 6.15. The van der Waals surface area contributed by atoms with Gasteiger partial charge < -0.3 is 14.1 Å². The molecule has 7 heteroatoms. The first kappa shape index (κ1) is 20.4. The highest BCUT2D eigenvalue weighted by molar-refractivity contribution is 6.06. The SMILES string of the molecule is O=C(/C=C/c1ccc(C(=O)N2CCN(Cc3ccccc3)C23COC3)o1)c1ccncc1. The van der Waals surface area contributed by atoms with Gasteiger partial charge in [-0.1, -0.05) is 30.3 Å². The Morgan fingerprint density at radius 1 is 1.00 bits per heavy atom. The predicted molar refractivity (Wildman–Crippen MR) is 118 cm³/mol. The van der Waals surface area contributed by atoms with Crippen molar-refractivity contribution in [3.63, 3.8) is 0 Å². The summed E-state index contributed by atoms with van der Waals surface area (Å²) in [6, 6.07) is 16.9. The number of benzene rings is 1. The number of furan rings is 1. The summed E-state index contributed by atoms with van der Waals surface area (Å²) in [5.41, 5.74) is 1.31. The number of ketones is 1. The molecular formula is C25H23N3O4. The van der Waals surface area contributed by atoms with Gasteiger partial charge in [-0.05, 0) is 42.0 Å². The van der Waals surface area contributed by atoms with Crippen LogP contribution in [0.2, 0.25) is 0 Å². The Labute approximate surface area is 185 Å². The molecular weight excluding hydrogens is 406 g/mol. The maximum Gasteiger partial charge on any atom is 0.291 e. The number of amides is 1. The van der Waals surface area contributed by atoms with E-state index in [1.54, 1.807) is 42.7 Å². The van der Waals surface area contributed by atoms with Crippen LogP contribution in [0.4, 0.5) is 0 Å². The monoisotopic (exact) mass is 429 g/mol. The zero-order valence-electron chi connectivity index (χ0n) is 17.5. The van der Waals surface area contributed by atoms with Crippen LogP contribution in [0.25, 0.3) is 6.08 Å². The fraction of sp³-hybridized carbons (Fsp3) is 0.240. The largest absolute Gasteiger partial charge is 0.452 e. The van der Waals surface area contributed by atoms with Crippen LogP contribution < -0.4 is 0 Å². The fourth-order valence-electron chi connectivity index (χ4n) is 4.21. The standard InChI is InChI=1S/C25H23N3O4/c29-22(20-10-12-26-13-11-20)8-6-21-7-9-23(32-21)24(30)28-15-14-27(25(28)17-31-18-25)16-19-4-2-1-3-5-19/h1-13H,14-18H2/b8-6+. The van der Waals surface area contributed by atoms with Gasteiger partial charge in [0.1, 0.15) is 11.4 Å². The lowest BCUT2D eigenvalue weighted by Gasteiger charge is -2.49. The molecule has 0 radical (unpaired) electrons. The van der Waals surface area contributed by atoms with Crippen LogP contribution in [0.5, 0.6) is 0 Å². The van der Waals surface area contributed by atoms with Crippen LogP contribution in [-0.4, -0.2) is 58.4 Å². The van der Waals surface area contributed by atoms with Gasteiger partial charge in [0.05, 0.1) is 13.2 Å². The molecule has 1 amide bonds. The Bertz CT molecular complexity index is 1140. The molecule has 2 fully saturated rings. The first-order valence-electron chi connectivity index (χ1n) is 10.6. The molecule has 1 spiro atoms. The van der Waals surface area contributed by atoms with Crippen molar-refractivity contribution in [2.75, 3.05) is 26.3 Å².